The maximum Gasteiger partial charge on any atom is 0.245 e. The minimum atomic E-state index is -0.548. The van der Waals surface area contributed by atoms with Crippen molar-refractivity contribution in [1.82, 2.24) is 20.9 Å². The van der Waals surface area contributed by atoms with Crippen molar-refractivity contribution in [3.8, 4) is 0 Å². The first-order chi connectivity index (χ1) is 18.9. The SMILES string of the molecule is C=CCC1=C[C@@H]2CCN(C(=O)[C@@H](NC(=O)[C@H](C)NC)C3CCCCC3)[C@@H]2[C@@H](C(=O)NCCc2ccccc2)C1. The fourth-order valence-electron chi connectivity index (χ4n) is 6.69. The topological polar surface area (TPSA) is 90.5 Å². The van der Waals surface area contributed by atoms with Gasteiger partial charge in [-0.05, 0) is 69.9 Å². The zero-order valence-corrected chi connectivity index (χ0v) is 23.7. The predicted octanol–water partition coefficient (Wildman–Crippen LogP) is 3.76. The normalized spacial score (nSPS) is 24.7. The van der Waals surface area contributed by atoms with Crippen LogP contribution in [0, 0.1) is 17.8 Å². The number of carbonyl (C=O) groups is 3. The van der Waals surface area contributed by atoms with Crippen LogP contribution in [0.1, 0.15) is 63.9 Å². The van der Waals surface area contributed by atoms with Crippen LogP contribution in [-0.4, -0.2) is 60.9 Å². The Balaban J connectivity index is 1.53. The summed E-state index contributed by atoms with van der Waals surface area (Å²) in [5.74, 6) is -0.195. The molecule has 0 radical (unpaired) electrons. The summed E-state index contributed by atoms with van der Waals surface area (Å²) in [5, 5.41) is 9.28. The van der Waals surface area contributed by atoms with E-state index in [-0.39, 0.29) is 47.6 Å². The lowest BCUT2D eigenvalue weighted by molar-refractivity contribution is -0.142. The highest BCUT2D eigenvalue weighted by atomic mass is 16.2. The molecule has 3 N–H and O–H groups in total. The van der Waals surface area contributed by atoms with Crippen molar-refractivity contribution in [2.24, 2.45) is 17.8 Å². The number of rotatable bonds is 11. The van der Waals surface area contributed by atoms with Gasteiger partial charge in [-0.25, -0.2) is 0 Å². The van der Waals surface area contributed by atoms with Crippen molar-refractivity contribution in [2.75, 3.05) is 20.1 Å². The molecular formula is C32H46N4O3. The highest BCUT2D eigenvalue weighted by Crippen LogP contribution is 2.41. The average molecular weight is 535 g/mol. The molecule has 7 heteroatoms. The van der Waals surface area contributed by atoms with E-state index in [0.717, 1.165) is 44.9 Å². The fraction of sp³-hybridized carbons (Fsp3) is 0.594. The molecule has 2 fully saturated rings. The quantitative estimate of drug-likeness (QED) is 0.377. The molecule has 1 saturated carbocycles. The summed E-state index contributed by atoms with van der Waals surface area (Å²) in [6.45, 7) is 6.90. The van der Waals surface area contributed by atoms with Gasteiger partial charge in [0.15, 0.2) is 0 Å². The van der Waals surface area contributed by atoms with Crippen LogP contribution in [0.3, 0.4) is 0 Å². The Hall–Kier alpha value is -2.93. The first-order valence-electron chi connectivity index (χ1n) is 14.8. The Morgan fingerprint density at radius 3 is 2.54 bits per heavy atom. The molecule has 0 aromatic heterocycles. The van der Waals surface area contributed by atoms with Crippen molar-refractivity contribution in [1.29, 1.82) is 0 Å². The molecule has 1 aromatic carbocycles. The smallest absolute Gasteiger partial charge is 0.245 e. The van der Waals surface area contributed by atoms with E-state index in [2.05, 4.69) is 40.7 Å². The van der Waals surface area contributed by atoms with Crippen LogP contribution in [0.4, 0.5) is 0 Å². The first kappa shape index (κ1) is 29.1. The number of hydrogen-bond donors (Lipinski definition) is 3. The van der Waals surface area contributed by atoms with Gasteiger partial charge in [-0.2, -0.15) is 0 Å². The number of likely N-dealkylation sites (N-methyl/N-ethyl adjacent to an activating group) is 1. The molecule has 1 heterocycles. The third kappa shape index (κ3) is 7.18. The van der Waals surface area contributed by atoms with Crippen molar-refractivity contribution in [2.45, 2.75) is 82.8 Å². The van der Waals surface area contributed by atoms with E-state index in [1.807, 2.05) is 36.1 Å². The van der Waals surface area contributed by atoms with Crippen molar-refractivity contribution < 1.29 is 14.4 Å². The van der Waals surface area contributed by atoms with E-state index in [0.29, 0.717) is 19.5 Å². The summed E-state index contributed by atoms with van der Waals surface area (Å²) in [6, 6.07) is 9.04. The summed E-state index contributed by atoms with van der Waals surface area (Å²) in [4.78, 5) is 42.8. The Morgan fingerprint density at radius 2 is 1.85 bits per heavy atom. The number of carbonyl (C=O) groups excluding carboxylic acids is 3. The summed E-state index contributed by atoms with van der Waals surface area (Å²) in [7, 11) is 1.75. The monoisotopic (exact) mass is 534 g/mol. The second-order valence-electron chi connectivity index (χ2n) is 11.5. The van der Waals surface area contributed by atoms with Crippen LogP contribution in [0.5, 0.6) is 0 Å². The molecule has 4 rings (SSSR count). The molecule has 3 amide bonds. The number of nitrogens with zero attached hydrogens (tertiary/aromatic N) is 1. The van der Waals surface area contributed by atoms with Gasteiger partial charge in [0.25, 0.3) is 0 Å². The lowest BCUT2D eigenvalue weighted by Crippen LogP contribution is -2.58. The first-order valence-corrected chi connectivity index (χ1v) is 14.8. The van der Waals surface area contributed by atoms with E-state index < -0.39 is 6.04 Å². The number of allylic oxidation sites excluding steroid dienone is 2. The summed E-state index contributed by atoms with van der Waals surface area (Å²) >= 11 is 0. The molecule has 1 aromatic rings. The maximum absolute atomic E-state index is 14.2. The molecule has 0 bridgehead atoms. The Kier molecular flexibility index (Phi) is 10.4. The highest BCUT2D eigenvalue weighted by molar-refractivity contribution is 5.91. The third-order valence-corrected chi connectivity index (χ3v) is 8.94. The van der Waals surface area contributed by atoms with Gasteiger partial charge in [0, 0.05) is 19.1 Å². The fourth-order valence-corrected chi connectivity index (χ4v) is 6.69. The average Bonchev–Trinajstić information content (AvgIpc) is 3.39. The zero-order valence-electron chi connectivity index (χ0n) is 23.7. The van der Waals surface area contributed by atoms with Gasteiger partial charge in [-0.1, -0.05) is 67.3 Å². The van der Waals surface area contributed by atoms with Crippen molar-refractivity contribution >= 4 is 17.7 Å². The number of hydrogen-bond acceptors (Lipinski definition) is 4. The van der Waals surface area contributed by atoms with Gasteiger partial charge in [0.1, 0.15) is 6.04 Å². The van der Waals surface area contributed by atoms with E-state index in [9.17, 15) is 14.4 Å². The van der Waals surface area contributed by atoms with Crippen LogP contribution in [0.15, 0.2) is 54.6 Å². The van der Waals surface area contributed by atoms with Gasteiger partial charge < -0.3 is 20.9 Å². The lowest BCUT2D eigenvalue weighted by atomic mass is 9.76. The van der Waals surface area contributed by atoms with E-state index in [1.54, 1.807) is 7.05 Å². The van der Waals surface area contributed by atoms with Crippen molar-refractivity contribution in [3.05, 3.63) is 60.2 Å². The van der Waals surface area contributed by atoms with Crippen LogP contribution in [0.2, 0.25) is 0 Å². The molecule has 212 valence electrons. The minimum absolute atomic E-state index is 0.0114. The molecule has 1 saturated heterocycles. The Labute approximate surface area is 233 Å². The molecule has 7 nitrogen and oxygen atoms in total. The van der Waals surface area contributed by atoms with Gasteiger partial charge >= 0.3 is 0 Å². The molecule has 2 aliphatic carbocycles. The second-order valence-corrected chi connectivity index (χ2v) is 11.5. The number of benzene rings is 1. The molecule has 5 atom stereocenters. The van der Waals surface area contributed by atoms with E-state index in [4.69, 9.17) is 0 Å². The molecule has 3 aliphatic rings. The van der Waals surface area contributed by atoms with Gasteiger partial charge in [-0.3, -0.25) is 14.4 Å². The van der Waals surface area contributed by atoms with Crippen LogP contribution in [-0.2, 0) is 20.8 Å². The molecule has 1 aliphatic heterocycles. The number of nitrogens with one attached hydrogen (secondary N) is 3. The number of likely N-dealkylation sites (tertiary alicyclic amines) is 1. The van der Waals surface area contributed by atoms with Crippen LogP contribution < -0.4 is 16.0 Å². The largest absolute Gasteiger partial charge is 0.355 e. The van der Waals surface area contributed by atoms with E-state index in [1.165, 1.54) is 17.6 Å². The molecule has 39 heavy (non-hydrogen) atoms. The summed E-state index contributed by atoms with van der Waals surface area (Å²) < 4.78 is 0. The molecular weight excluding hydrogens is 488 g/mol. The summed E-state index contributed by atoms with van der Waals surface area (Å²) in [5.41, 5.74) is 2.41. The maximum atomic E-state index is 14.2. The molecule has 0 unspecified atom stereocenters. The molecule has 0 spiro atoms. The predicted molar refractivity (Wildman–Crippen MR) is 155 cm³/mol. The highest BCUT2D eigenvalue weighted by Gasteiger charge is 2.48. The second kappa shape index (κ2) is 13.9. The van der Waals surface area contributed by atoms with Gasteiger partial charge in [0.2, 0.25) is 17.7 Å². The zero-order chi connectivity index (χ0) is 27.8. The lowest BCUT2D eigenvalue weighted by Gasteiger charge is -2.40. The number of fused-ring (bicyclic) bond motifs is 1. The van der Waals surface area contributed by atoms with Gasteiger partial charge in [-0.15, -0.1) is 6.58 Å². The Bertz CT molecular complexity index is 1030. The van der Waals surface area contributed by atoms with Crippen molar-refractivity contribution in [3.63, 3.8) is 0 Å². The minimum Gasteiger partial charge on any atom is -0.355 e. The standard InChI is InChI=1S/C32H46N4O3/c1-4-11-24-20-26-17-19-36(29(26)27(21-24)31(38)34-18-16-23-12-7-5-8-13-23)32(39)28(25-14-9-6-10-15-25)35-30(37)22(2)33-3/h4-5,7-8,12-13,20,22,25-29,33H,1,6,9-11,14-19,21H2,2-3H3,(H,34,38)(H,35,37)/t22-,26-,27-,28-,29-/m0/s1. The third-order valence-electron chi connectivity index (χ3n) is 8.94. The van der Waals surface area contributed by atoms with Crippen LogP contribution in [0.25, 0.3) is 0 Å². The van der Waals surface area contributed by atoms with Crippen LogP contribution >= 0.6 is 0 Å². The Morgan fingerprint density at radius 1 is 1.10 bits per heavy atom. The van der Waals surface area contributed by atoms with Gasteiger partial charge in [0.05, 0.1) is 12.0 Å². The summed E-state index contributed by atoms with van der Waals surface area (Å²) in [6.07, 6.45) is 12.4. The number of amides is 3. The van der Waals surface area contributed by atoms with E-state index >= 15 is 0 Å².